The zero-order valence-corrected chi connectivity index (χ0v) is 18.6. The predicted octanol–water partition coefficient (Wildman–Crippen LogP) is 2.44. The molecule has 0 saturated carbocycles. The van der Waals surface area contributed by atoms with Crippen molar-refractivity contribution in [2.45, 2.75) is 69.0 Å². The maximum absolute atomic E-state index is 13.3. The molecule has 0 aromatic carbocycles. The summed E-state index contributed by atoms with van der Waals surface area (Å²) in [4.78, 5) is 18.2. The van der Waals surface area contributed by atoms with E-state index in [0.717, 1.165) is 11.4 Å². The molecule has 29 heavy (non-hydrogen) atoms. The number of sulfonamides is 1. The summed E-state index contributed by atoms with van der Waals surface area (Å²) >= 11 is 1.74. The number of ether oxygens (including phenoxy) is 1. The molecule has 2 N–H and O–H groups in total. The van der Waals surface area contributed by atoms with Crippen LogP contribution >= 0.6 is 11.3 Å². The first-order valence-electron chi connectivity index (χ1n) is 10.4. The molecule has 0 unspecified atom stereocenters. The van der Waals surface area contributed by atoms with Crippen molar-refractivity contribution in [3.8, 4) is 0 Å². The number of thiazole rings is 1. The highest BCUT2D eigenvalue weighted by Crippen LogP contribution is 2.37. The van der Waals surface area contributed by atoms with Crippen LogP contribution in [0.4, 0.5) is 0 Å². The fourth-order valence-corrected chi connectivity index (χ4v) is 7.45. The molecule has 2 aliphatic rings. The third kappa shape index (κ3) is 4.66. The fourth-order valence-electron chi connectivity index (χ4n) is 4.17. The number of nitrogens with zero attached hydrogens (tertiary/aromatic N) is 2. The van der Waals surface area contributed by atoms with Gasteiger partial charge in [0, 0.05) is 56.1 Å². The lowest BCUT2D eigenvalue weighted by atomic mass is 9.98. The van der Waals surface area contributed by atoms with Gasteiger partial charge in [0.2, 0.25) is 10.0 Å². The highest BCUT2D eigenvalue weighted by atomic mass is 32.2. The van der Waals surface area contributed by atoms with E-state index in [0.29, 0.717) is 25.9 Å². The van der Waals surface area contributed by atoms with Gasteiger partial charge in [-0.25, -0.2) is 23.2 Å². The maximum atomic E-state index is 13.3. The fraction of sp³-hybridized carbons (Fsp3) is 0.789. The molecule has 3 heterocycles. The molecule has 10 heteroatoms. The second-order valence-corrected chi connectivity index (χ2v) is 11.2. The van der Waals surface area contributed by atoms with Gasteiger partial charge in [-0.2, -0.15) is 0 Å². The van der Waals surface area contributed by atoms with Gasteiger partial charge in [0.25, 0.3) is 5.91 Å². The second kappa shape index (κ2) is 9.82. The summed E-state index contributed by atoms with van der Waals surface area (Å²) in [5, 5.41) is 10.2. The van der Waals surface area contributed by atoms with Crippen molar-refractivity contribution in [3.05, 3.63) is 16.1 Å². The lowest BCUT2D eigenvalue weighted by Gasteiger charge is -2.40. The average Bonchev–Trinajstić information content (AvgIpc) is 3.22. The van der Waals surface area contributed by atoms with Crippen LogP contribution in [0.15, 0.2) is 6.20 Å². The number of aryl methyl sites for hydroxylation is 1. The quantitative estimate of drug-likeness (QED) is 0.361. The molecule has 164 valence electrons. The number of rotatable bonds is 8. The van der Waals surface area contributed by atoms with Crippen LogP contribution in [0.25, 0.3) is 0 Å². The second-order valence-electron chi connectivity index (χ2n) is 7.85. The number of hydrogen-bond acceptors (Lipinski definition) is 7. The van der Waals surface area contributed by atoms with Crippen molar-refractivity contribution in [2.24, 2.45) is 0 Å². The van der Waals surface area contributed by atoms with E-state index in [-0.39, 0.29) is 32.0 Å². The molecule has 0 aliphatic carbocycles. The Morgan fingerprint density at radius 2 is 2.03 bits per heavy atom. The van der Waals surface area contributed by atoms with Crippen molar-refractivity contribution >= 4 is 27.3 Å². The first kappa shape index (κ1) is 22.6. The van der Waals surface area contributed by atoms with Gasteiger partial charge in [-0.05, 0) is 25.7 Å². The molecular formula is C19H31N3O5S2. The Morgan fingerprint density at radius 3 is 2.66 bits per heavy atom. The average molecular weight is 446 g/mol. The van der Waals surface area contributed by atoms with Crippen molar-refractivity contribution in [1.82, 2.24) is 14.8 Å². The number of nitrogens with one attached hydrogen (secondary N) is 1. The number of amides is 1. The molecule has 0 bridgehead atoms. The van der Waals surface area contributed by atoms with E-state index < -0.39 is 20.7 Å². The van der Waals surface area contributed by atoms with Crippen LogP contribution in [0.5, 0.6) is 0 Å². The topological polar surface area (TPSA) is 109 Å². The Balaban J connectivity index is 1.65. The Kier molecular flexibility index (Phi) is 7.66. The standard InChI is InChI=1S/C19H31N3O5S2/c1-2-3-4-5-16-14-20-17(28-16)15-6-10-22(11-7-15)29(25,26)19(18(23)21-24)8-12-27-13-9-19/h14-15,24H,2-13H2,1H3,(H,21,23). The molecular weight excluding hydrogens is 414 g/mol. The molecule has 1 aromatic heterocycles. The Labute approximate surface area is 176 Å². The van der Waals surface area contributed by atoms with Crippen molar-refractivity contribution in [1.29, 1.82) is 0 Å². The van der Waals surface area contributed by atoms with Crippen LogP contribution in [0.1, 0.15) is 67.7 Å². The van der Waals surface area contributed by atoms with Gasteiger partial charge in [-0.3, -0.25) is 10.0 Å². The van der Waals surface area contributed by atoms with Gasteiger partial charge in [-0.15, -0.1) is 11.3 Å². The first-order valence-corrected chi connectivity index (χ1v) is 12.7. The molecule has 3 rings (SSSR count). The highest BCUT2D eigenvalue weighted by molar-refractivity contribution is 7.91. The Hall–Kier alpha value is -1.07. The SMILES string of the molecule is CCCCCc1cnc(C2CCN(S(=O)(=O)C3(C(=O)NO)CCOCC3)CC2)s1. The number of hydroxylamine groups is 1. The lowest BCUT2D eigenvalue weighted by Crippen LogP contribution is -2.60. The minimum atomic E-state index is -3.91. The van der Waals surface area contributed by atoms with Gasteiger partial charge < -0.3 is 4.74 Å². The summed E-state index contributed by atoms with van der Waals surface area (Å²) in [5.74, 6) is -0.608. The van der Waals surface area contributed by atoms with Crippen molar-refractivity contribution in [2.75, 3.05) is 26.3 Å². The summed E-state index contributed by atoms with van der Waals surface area (Å²) in [5.41, 5.74) is 1.57. The number of carbonyl (C=O) groups excluding carboxylic acids is 1. The monoisotopic (exact) mass is 445 g/mol. The first-order chi connectivity index (χ1) is 13.9. The predicted molar refractivity (Wildman–Crippen MR) is 111 cm³/mol. The molecule has 1 aromatic rings. The smallest absolute Gasteiger partial charge is 0.266 e. The number of unbranched alkanes of at least 4 members (excludes halogenated alkanes) is 2. The van der Waals surface area contributed by atoms with Crippen molar-refractivity contribution < 1.29 is 23.2 Å². The highest BCUT2D eigenvalue weighted by Gasteiger charge is 2.54. The van der Waals surface area contributed by atoms with E-state index in [1.54, 1.807) is 16.8 Å². The molecule has 8 nitrogen and oxygen atoms in total. The number of aromatic nitrogens is 1. The van der Waals surface area contributed by atoms with Crippen LogP contribution in [0.2, 0.25) is 0 Å². The van der Waals surface area contributed by atoms with Gasteiger partial charge in [0.1, 0.15) is 0 Å². The third-order valence-corrected chi connectivity index (χ3v) is 9.90. The summed E-state index contributed by atoms with van der Waals surface area (Å²) in [7, 11) is -3.91. The minimum absolute atomic E-state index is 0.0508. The van der Waals surface area contributed by atoms with E-state index in [2.05, 4.69) is 11.9 Å². The summed E-state index contributed by atoms with van der Waals surface area (Å²) < 4.78 is 31.7. The zero-order chi connectivity index (χ0) is 20.9. The molecule has 1 amide bonds. The van der Waals surface area contributed by atoms with Gasteiger partial charge in [0.15, 0.2) is 4.75 Å². The van der Waals surface area contributed by atoms with Crippen LogP contribution in [0.3, 0.4) is 0 Å². The zero-order valence-electron chi connectivity index (χ0n) is 16.9. The number of carbonyl (C=O) groups is 1. The summed E-state index contributed by atoms with van der Waals surface area (Å²) in [6, 6.07) is 0. The van der Waals surface area contributed by atoms with Crippen LogP contribution < -0.4 is 5.48 Å². The number of hydrogen-bond donors (Lipinski definition) is 2. The van der Waals surface area contributed by atoms with Gasteiger partial charge in [0.05, 0.1) is 5.01 Å². The lowest BCUT2D eigenvalue weighted by molar-refractivity contribution is -0.134. The van der Waals surface area contributed by atoms with E-state index in [9.17, 15) is 13.2 Å². The van der Waals surface area contributed by atoms with Crippen LogP contribution in [-0.4, -0.2) is 59.9 Å². The number of piperidine rings is 1. The Bertz CT molecular complexity index is 782. The third-order valence-electron chi connectivity index (χ3n) is 6.05. The van der Waals surface area contributed by atoms with Gasteiger partial charge >= 0.3 is 0 Å². The van der Waals surface area contributed by atoms with E-state index in [1.165, 1.54) is 28.4 Å². The largest absolute Gasteiger partial charge is 0.381 e. The van der Waals surface area contributed by atoms with E-state index in [4.69, 9.17) is 9.94 Å². The molecule has 0 radical (unpaired) electrons. The molecule has 2 saturated heterocycles. The normalized spacial score (nSPS) is 21.2. The van der Waals surface area contributed by atoms with Crippen LogP contribution in [0, 0.1) is 0 Å². The maximum Gasteiger partial charge on any atom is 0.266 e. The molecule has 2 fully saturated rings. The summed E-state index contributed by atoms with van der Waals surface area (Å²) in [6.45, 7) is 3.28. The van der Waals surface area contributed by atoms with Crippen LogP contribution in [-0.2, 0) is 26.0 Å². The summed E-state index contributed by atoms with van der Waals surface area (Å²) in [6.07, 6.45) is 8.08. The van der Waals surface area contributed by atoms with Gasteiger partial charge in [-0.1, -0.05) is 19.8 Å². The van der Waals surface area contributed by atoms with E-state index >= 15 is 0 Å². The van der Waals surface area contributed by atoms with E-state index in [1.807, 2.05) is 6.20 Å². The van der Waals surface area contributed by atoms with Crippen molar-refractivity contribution in [3.63, 3.8) is 0 Å². The molecule has 0 spiro atoms. The molecule has 2 aliphatic heterocycles. The molecule has 0 atom stereocenters. The Morgan fingerprint density at radius 1 is 1.34 bits per heavy atom. The minimum Gasteiger partial charge on any atom is -0.381 e.